The third-order valence-electron chi connectivity index (χ3n) is 5.49. The van der Waals surface area contributed by atoms with Crippen LogP contribution in [-0.4, -0.2) is 65.7 Å². The Labute approximate surface area is 167 Å². The van der Waals surface area contributed by atoms with Crippen LogP contribution >= 0.6 is 0 Å². The molecule has 0 unspecified atom stereocenters. The number of benzene rings is 1. The maximum Gasteiger partial charge on any atom is 0.340 e. The van der Waals surface area contributed by atoms with Gasteiger partial charge >= 0.3 is 5.97 Å². The SMILES string of the molecule is CN(C)S(=O)(=O)c1ccc(N2CCOCC2)c(C(=O)OCC2CCCCC2)c1. The predicted molar refractivity (Wildman–Crippen MR) is 107 cm³/mol. The van der Waals surface area contributed by atoms with E-state index in [2.05, 4.69) is 0 Å². The number of nitrogens with zero attached hydrogens (tertiary/aromatic N) is 2. The maximum atomic E-state index is 12.9. The molecule has 3 rings (SSSR count). The van der Waals surface area contributed by atoms with E-state index < -0.39 is 16.0 Å². The van der Waals surface area contributed by atoms with Crippen molar-refractivity contribution >= 4 is 21.7 Å². The zero-order valence-electron chi connectivity index (χ0n) is 16.7. The zero-order valence-corrected chi connectivity index (χ0v) is 17.5. The first-order valence-corrected chi connectivity index (χ1v) is 11.4. The van der Waals surface area contributed by atoms with Gasteiger partial charge < -0.3 is 14.4 Å². The second-order valence-corrected chi connectivity index (χ2v) is 9.82. The number of carbonyl (C=O) groups is 1. The summed E-state index contributed by atoms with van der Waals surface area (Å²) >= 11 is 0. The van der Waals surface area contributed by atoms with Crippen LogP contribution in [0.3, 0.4) is 0 Å². The van der Waals surface area contributed by atoms with E-state index in [1.54, 1.807) is 12.1 Å². The van der Waals surface area contributed by atoms with Crippen molar-refractivity contribution in [1.82, 2.24) is 4.31 Å². The van der Waals surface area contributed by atoms with E-state index in [1.165, 1.54) is 39.4 Å². The Hall–Kier alpha value is -1.64. The Morgan fingerprint density at radius 1 is 1.18 bits per heavy atom. The van der Waals surface area contributed by atoms with Gasteiger partial charge in [0.1, 0.15) is 0 Å². The lowest BCUT2D eigenvalue weighted by molar-refractivity contribution is 0.0410. The number of sulfonamides is 1. The van der Waals surface area contributed by atoms with Gasteiger partial charge in [-0.15, -0.1) is 0 Å². The van der Waals surface area contributed by atoms with Crippen molar-refractivity contribution < 1.29 is 22.7 Å². The van der Waals surface area contributed by atoms with Crippen LogP contribution in [0, 0.1) is 5.92 Å². The molecule has 2 fully saturated rings. The van der Waals surface area contributed by atoms with Gasteiger partial charge in [0.05, 0.1) is 36.0 Å². The summed E-state index contributed by atoms with van der Waals surface area (Å²) < 4.78 is 37.2. The fraction of sp³-hybridized carbons (Fsp3) is 0.650. The van der Waals surface area contributed by atoms with Crippen LogP contribution in [0.5, 0.6) is 0 Å². The Kier molecular flexibility index (Phi) is 6.95. The summed E-state index contributed by atoms with van der Waals surface area (Å²) in [4.78, 5) is 15.1. The summed E-state index contributed by atoms with van der Waals surface area (Å²) in [6, 6.07) is 4.71. The summed E-state index contributed by atoms with van der Waals surface area (Å²) in [6.45, 7) is 2.86. The molecule has 0 spiro atoms. The highest BCUT2D eigenvalue weighted by molar-refractivity contribution is 7.89. The highest BCUT2D eigenvalue weighted by Crippen LogP contribution is 2.28. The third-order valence-corrected chi connectivity index (χ3v) is 7.30. The maximum absolute atomic E-state index is 12.9. The van der Waals surface area contributed by atoms with Crippen LogP contribution in [0.1, 0.15) is 42.5 Å². The van der Waals surface area contributed by atoms with Crippen LogP contribution in [0.2, 0.25) is 0 Å². The number of hydrogen-bond acceptors (Lipinski definition) is 6. The van der Waals surface area contributed by atoms with Gasteiger partial charge in [0, 0.05) is 27.2 Å². The molecule has 0 atom stereocenters. The number of hydrogen-bond donors (Lipinski definition) is 0. The number of ether oxygens (including phenoxy) is 2. The molecule has 0 amide bonds. The molecule has 1 heterocycles. The Morgan fingerprint density at radius 2 is 1.86 bits per heavy atom. The number of morpholine rings is 1. The van der Waals surface area contributed by atoms with Gasteiger partial charge in [-0.05, 0) is 37.0 Å². The minimum atomic E-state index is -3.63. The van der Waals surface area contributed by atoms with Crippen molar-refractivity contribution in [3.8, 4) is 0 Å². The molecule has 0 radical (unpaired) electrons. The average molecular weight is 411 g/mol. The van der Waals surface area contributed by atoms with Crippen LogP contribution in [-0.2, 0) is 19.5 Å². The molecule has 1 aliphatic carbocycles. The molecule has 1 saturated carbocycles. The summed E-state index contributed by atoms with van der Waals surface area (Å²) in [7, 11) is -0.677. The molecule has 156 valence electrons. The second-order valence-electron chi connectivity index (χ2n) is 7.67. The zero-order chi connectivity index (χ0) is 20.1. The van der Waals surface area contributed by atoms with Crippen molar-refractivity contribution in [3.63, 3.8) is 0 Å². The molecule has 28 heavy (non-hydrogen) atoms. The average Bonchev–Trinajstić information content (AvgIpc) is 2.72. The molecular formula is C20H30N2O5S. The van der Waals surface area contributed by atoms with E-state index in [9.17, 15) is 13.2 Å². The lowest BCUT2D eigenvalue weighted by Gasteiger charge is -2.30. The normalized spacial score (nSPS) is 19.0. The largest absolute Gasteiger partial charge is 0.462 e. The van der Waals surface area contributed by atoms with E-state index in [1.807, 2.05) is 4.90 Å². The van der Waals surface area contributed by atoms with Crippen molar-refractivity contribution in [3.05, 3.63) is 23.8 Å². The van der Waals surface area contributed by atoms with E-state index in [-0.39, 0.29) is 4.90 Å². The van der Waals surface area contributed by atoms with Crippen LogP contribution < -0.4 is 4.90 Å². The fourth-order valence-electron chi connectivity index (χ4n) is 3.76. The molecule has 8 heteroatoms. The molecule has 0 aromatic heterocycles. The smallest absolute Gasteiger partial charge is 0.340 e. The first kappa shape index (κ1) is 21.1. The molecule has 0 bridgehead atoms. The van der Waals surface area contributed by atoms with Crippen molar-refractivity contribution in [1.29, 1.82) is 0 Å². The highest BCUT2D eigenvalue weighted by atomic mass is 32.2. The van der Waals surface area contributed by atoms with Gasteiger partial charge in [-0.25, -0.2) is 17.5 Å². The van der Waals surface area contributed by atoms with Gasteiger partial charge in [-0.3, -0.25) is 0 Å². The fourth-order valence-corrected chi connectivity index (χ4v) is 4.68. The highest BCUT2D eigenvalue weighted by Gasteiger charge is 2.25. The Morgan fingerprint density at radius 3 is 2.50 bits per heavy atom. The topological polar surface area (TPSA) is 76.2 Å². The molecule has 1 aromatic carbocycles. The van der Waals surface area contributed by atoms with Crippen molar-refractivity contribution in [2.75, 3.05) is 51.9 Å². The predicted octanol–water partition coefficient (Wildman–Crippen LogP) is 2.51. The summed E-state index contributed by atoms with van der Waals surface area (Å²) in [5.41, 5.74) is 1.01. The molecule has 2 aliphatic rings. The monoisotopic (exact) mass is 410 g/mol. The van der Waals surface area contributed by atoms with E-state index in [0.717, 1.165) is 17.1 Å². The lowest BCUT2D eigenvalue weighted by Crippen LogP contribution is -2.37. The first-order valence-electron chi connectivity index (χ1n) is 9.96. The van der Waals surface area contributed by atoms with Gasteiger partial charge in [0.2, 0.25) is 10.0 Å². The molecule has 0 N–H and O–H groups in total. The summed E-state index contributed by atoms with van der Waals surface area (Å²) in [5.74, 6) is -0.0545. The van der Waals surface area contributed by atoms with Crippen molar-refractivity contribution in [2.45, 2.75) is 37.0 Å². The minimum Gasteiger partial charge on any atom is -0.462 e. The lowest BCUT2D eigenvalue weighted by atomic mass is 9.90. The minimum absolute atomic E-state index is 0.0964. The third kappa shape index (κ3) is 4.85. The van der Waals surface area contributed by atoms with E-state index in [0.29, 0.717) is 50.1 Å². The quantitative estimate of drug-likeness (QED) is 0.671. The van der Waals surface area contributed by atoms with E-state index >= 15 is 0 Å². The number of rotatable bonds is 6. The summed E-state index contributed by atoms with van der Waals surface area (Å²) in [5, 5.41) is 0. The van der Waals surface area contributed by atoms with Crippen LogP contribution in [0.15, 0.2) is 23.1 Å². The molecule has 1 aliphatic heterocycles. The van der Waals surface area contributed by atoms with Gasteiger partial charge in [0.25, 0.3) is 0 Å². The second kappa shape index (κ2) is 9.24. The van der Waals surface area contributed by atoms with Crippen LogP contribution in [0.4, 0.5) is 5.69 Å². The summed E-state index contributed by atoms with van der Waals surface area (Å²) in [6.07, 6.45) is 5.77. The molecule has 1 saturated heterocycles. The van der Waals surface area contributed by atoms with Gasteiger partial charge in [0.15, 0.2) is 0 Å². The van der Waals surface area contributed by atoms with Gasteiger partial charge in [-0.2, -0.15) is 0 Å². The molecule has 1 aromatic rings. The Bertz CT molecular complexity index is 782. The standard InChI is InChI=1S/C20H30N2O5S/c1-21(2)28(24,25)17-8-9-19(22-10-12-26-13-11-22)18(14-17)20(23)27-15-16-6-4-3-5-7-16/h8-9,14,16H,3-7,10-13,15H2,1-2H3. The molecular weight excluding hydrogens is 380 g/mol. The van der Waals surface area contributed by atoms with Crippen LogP contribution in [0.25, 0.3) is 0 Å². The van der Waals surface area contributed by atoms with E-state index in [4.69, 9.17) is 9.47 Å². The van der Waals surface area contributed by atoms with Gasteiger partial charge in [-0.1, -0.05) is 19.3 Å². The number of anilines is 1. The number of carbonyl (C=O) groups excluding carboxylic acids is 1. The Balaban J connectivity index is 1.86. The number of esters is 1. The van der Waals surface area contributed by atoms with Crippen molar-refractivity contribution in [2.24, 2.45) is 5.92 Å². The first-order chi connectivity index (χ1) is 13.4. The molecule has 7 nitrogen and oxygen atoms in total.